The van der Waals surface area contributed by atoms with Gasteiger partial charge in [-0.15, -0.1) is 12.4 Å². The maximum atomic E-state index is 11.2. The third-order valence-corrected chi connectivity index (χ3v) is 3.41. The molecule has 2 aromatic rings. The summed E-state index contributed by atoms with van der Waals surface area (Å²) in [6, 6.07) is 5.13. The van der Waals surface area contributed by atoms with E-state index in [0.29, 0.717) is 6.54 Å². The fourth-order valence-electron chi connectivity index (χ4n) is 2.55. The highest BCUT2D eigenvalue weighted by atomic mass is 35.5. The highest BCUT2D eigenvalue weighted by Gasteiger charge is 2.28. The van der Waals surface area contributed by atoms with Gasteiger partial charge in [-0.05, 0) is 24.1 Å². The number of nitrogens with one attached hydrogen (secondary N) is 2. The second-order valence-electron chi connectivity index (χ2n) is 4.40. The molecule has 1 unspecified atom stereocenters. The number of rotatable bonds is 2. The van der Waals surface area contributed by atoms with Crippen LogP contribution in [0.1, 0.15) is 17.3 Å². The van der Waals surface area contributed by atoms with Crippen LogP contribution in [0.25, 0.3) is 10.9 Å². The van der Waals surface area contributed by atoms with Crippen molar-refractivity contribution in [3.63, 3.8) is 0 Å². The zero-order valence-corrected chi connectivity index (χ0v) is 11.2. The molecule has 0 bridgehead atoms. The summed E-state index contributed by atoms with van der Waals surface area (Å²) in [6.45, 7) is 0.683. The second-order valence-corrected chi connectivity index (χ2v) is 4.40. The van der Waals surface area contributed by atoms with Crippen LogP contribution in [0.15, 0.2) is 18.2 Å². The van der Waals surface area contributed by atoms with Gasteiger partial charge >= 0.3 is 5.97 Å². The van der Waals surface area contributed by atoms with Crippen LogP contribution in [-0.2, 0) is 11.2 Å². The summed E-state index contributed by atoms with van der Waals surface area (Å²) in [5, 5.41) is 13.3. The predicted molar refractivity (Wildman–Crippen MR) is 74.2 cm³/mol. The van der Waals surface area contributed by atoms with Crippen LogP contribution in [0.4, 0.5) is 0 Å². The van der Waals surface area contributed by atoms with Crippen LogP contribution < -0.4 is 10.1 Å². The van der Waals surface area contributed by atoms with E-state index in [-0.39, 0.29) is 12.4 Å². The first-order chi connectivity index (χ1) is 8.70. The number of hydrogen-bond acceptors (Lipinski definition) is 3. The van der Waals surface area contributed by atoms with E-state index < -0.39 is 12.0 Å². The molecule has 0 saturated carbocycles. The molecule has 19 heavy (non-hydrogen) atoms. The molecule has 0 aliphatic carbocycles. The molecule has 5 nitrogen and oxygen atoms in total. The molecule has 1 aromatic carbocycles. The van der Waals surface area contributed by atoms with Crippen molar-refractivity contribution in [3.05, 3.63) is 29.5 Å². The standard InChI is InChI=1S/C13H14N2O3.ClH/c1-18-7-2-3-8-9-4-5-14-12(13(16)17)11(9)15-10(8)6-7;/h2-3,6,12,14-15H,4-5H2,1H3,(H,16,17);1H. The van der Waals surface area contributed by atoms with Gasteiger partial charge in [0.2, 0.25) is 0 Å². The fraction of sp³-hybridized carbons (Fsp3) is 0.308. The summed E-state index contributed by atoms with van der Waals surface area (Å²) >= 11 is 0. The Morgan fingerprint density at radius 3 is 2.95 bits per heavy atom. The van der Waals surface area contributed by atoms with Crippen LogP contribution in [0.3, 0.4) is 0 Å². The minimum absolute atomic E-state index is 0. The second kappa shape index (κ2) is 5.11. The molecule has 1 atom stereocenters. The van der Waals surface area contributed by atoms with Gasteiger partial charge < -0.3 is 14.8 Å². The van der Waals surface area contributed by atoms with E-state index in [4.69, 9.17) is 4.74 Å². The molecule has 0 radical (unpaired) electrons. The summed E-state index contributed by atoms with van der Waals surface area (Å²) in [7, 11) is 1.62. The van der Waals surface area contributed by atoms with Gasteiger partial charge in [-0.1, -0.05) is 0 Å². The Kier molecular flexibility index (Phi) is 3.68. The number of hydrogen-bond donors (Lipinski definition) is 3. The molecule has 102 valence electrons. The number of halogens is 1. The summed E-state index contributed by atoms with van der Waals surface area (Å²) in [6.07, 6.45) is 0.839. The first-order valence-corrected chi connectivity index (χ1v) is 5.85. The Bertz CT molecular complexity index is 624. The lowest BCUT2D eigenvalue weighted by Crippen LogP contribution is -2.34. The van der Waals surface area contributed by atoms with E-state index in [1.807, 2.05) is 18.2 Å². The van der Waals surface area contributed by atoms with E-state index in [9.17, 15) is 9.90 Å². The summed E-state index contributed by atoms with van der Waals surface area (Å²) in [4.78, 5) is 14.4. The van der Waals surface area contributed by atoms with Crippen molar-refractivity contribution in [1.82, 2.24) is 10.3 Å². The van der Waals surface area contributed by atoms with E-state index in [0.717, 1.165) is 34.3 Å². The van der Waals surface area contributed by atoms with Crippen molar-refractivity contribution >= 4 is 29.3 Å². The molecular formula is C13H15ClN2O3. The summed E-state index contributed by atoms with van der Waals surface area (Å²) in [5.74, 6) is -0.0876. The van der Waals surface area contributed by atoms with E-state index in [1.165, 1.54) is 0 Å². The number of ether oxygens (including phenoxy) is 1. The number of aromatic nitrogens is 1. The normalized spacial score (nSPS) is 17.6. The number of carbonyl (C=O) groups is 1. The van der Waals surface area contributed by atoms with Gasteiger partial charge in [0, 0.05) is 29.2 Å². The van der Waals surface area contributed by atoms with Crippen LogP contribution in [-0.4, -0.2) is 29.7 Å². The third kappa shape index (κ3) is 2.15. The Morgan fingerprint density at radius 2 is 2.26 bits per heavy atom. The molecule has 2 heterocycles. The van der Waals surface area contributed by atoms with Crippen LogP contribution in [0.2, 0.25) is 0 Å². The van der Waals surface area contributed by atoms with E-state index >= 15 is 0 Å². The van der Waals surface area contributed by atoms with Crippen LogP contribution in [0, 0.1) is 0 Å². The van der Waals surface area contributed by atoms with Crippen LogP contribution >= 0.6 is 12.4 Å². The van der Waals surface area contributed by atoms with Crippen molar-refractivity contribution < 1.29 is 14.6 Å². The highest BCUT2D eigenvalue weighted by Crippen LogP contribution is 2.31. The van der Waals surface area contributed by atoms with Crippen molar-refractivity contribution in [3.8, 4) is 5.75 Å². The number of aromatic amines is 1. The first kappa shape index (κ1) is 13.7. The van der Waals surface area contributed by atoms with Crippen molar-refractivity contribution in [2.45, 2.75) is 12.5 Å². The average Bonchev–Trinajstić information content (AvgIpc) is 2.75. The van der Waals surface area contributed by atoms with E-state index in [1.54, 1.807) is 7.11 Å². The molecular weight excluding hydrogens is 268 g/mol. The van der Waals surface area contributed by atoms with Gasteiger partial charge in [-0.2, -0.15) is 0 Å². The van der Waals surface area contributed by atoms with Gasteiger partial charge in [0.25, 0.3) is 0 Å². The Hall–Kier alpha value is -1.72. The molecule has 3 rings (SSSR count). The summed E-state index contributed by atoms with van der Waals surface area (Å²) in [5.41, 5.74) is 2.78. The number of benzene rings is 1. The third-order valence-electron chi connectivity index (χ3n) is 3.41. The Morgan fingerprint density at radius 1 is 1.47 bits per heavy atom. The summed E-state index contributed by atoms with van der Waals surface area (Å²) < 4.78 is 5.18. The van der Waals surface area contributed by atoms with E-state index in [2.05, 4.69) is 10.3 Å². The highest BCUT2D eigenvalue weighted by molar-refractivity contribution is 5.89. The topological polar surface area (TPSA) is 74.4 Å². The lowest BCUT2D eigenvalue weighted by atomic mass is 9.99. The number of methoxy groups -OCH3 is 1. The van der Waals surface area contributed by atoms with Gasteiger partial charge in [0.05, 0.1) is 7.11 Å². The number of carboxylic acid groups (broad SMARTS) is 1. The zero-order chi connectivity index (χ0) is 12.7. The molecule has 1 aromatic heterocycles. The Balaban J connectivity index is 0.00000133. The molecule has 3 N–H and O–H groups in total. The van der Waals surface area contributed by atoms with Crippen molar-refractivity contribution in [2.75, 3.05) is 13.7 Å². The van der Waals surface area contributed by atoms with Crippen LogP contribution in [0.5, 0.6) is 5.75 Å². The molecule has 6 heteroatoms. The van der Waals surface area contributed by atoms with Crippen molar-refractivity contribution in [2.24, 2.45) is 0 Å². The maximum absolute atomic E-state index is 11.2. The van der Waals surface area contributed by atoms with Gasteiger partial charge in [-0.3, -0.25) is 10.1 Å². The largest absolute Gasteiger partial charge is 0.497 e. The minimum atomic E-state index is -0.852. The monoisotopic (exact) mass is 282 g/mol. The molecule has 0 fully saturated rings. The fourth-order valence-corrected chi connectivity index (χ4v) is 2.55. The average molecular weight is 283 g/mol. The van der Waals surface area contributed by atoms with Gasteiger partial charge in [-0.25, -0.2) is 0 Å². The first-order valence-electron chi connectivity index (χ1n) is 5.85. The molecule has 0 spiro atoms. The molecule has 0 amide bonds. The number of H-pyrrole nitrogens is 1. The molecule has 0 saturated heterocycles. The lowest BCUT2D eigenvalue weighted by Gasteiger charge is -2.20. The zero-order valence-electron chi connectivity index (χ0n) is 10.4. The molecule has 1 aliphatic rings. The minimum Gasteiger partial charge on any atom is -0.497 e. The number of aliphatic carboxylic acids is 1. The quantitative estimate of drug-likeness (QED) is 0.786. The molecule has 1 aliphatic heterocycles. The lowest BCUT2D eigenvalue weighted by molar-refractivity contribution is -0.139. The van der Waals surface area contributed by atoms with Gasteiger partial charge in [0.1, 0.15) is 11.8 Å². The smallest absolute Gasteiger partial charge is 0.326 e. The number of carboxylic acids is 1. The SMILES string of the molecule is COc1ccc2c3c([nH]c2c1)C(C(=O)O)NCC3.Cl. The maximum Gasteiger partial charge on any atom is 0.326 e. The predicted octanol–water partition coefficient (Wildman–Crippen LogP) is 1.87. The number of fused-ring (bicyclic) bond motifs is 3. The van der Waals surface area contributed by atoms with Gasteiger partial charge in [0.15, 0.2) is 0 Å². The van der Waals surface area contributed by atoms with Crippen molar-refractivity contribution in [1.29, 1.82) is 0 Å². The Labute approximate surface area is 116 Å².